The molecule has 1 aromatic heterocycles. The van der Waals surface area contributed by atoms with Gasteiger partial charge in [-0.15, -0.1) is 11.3 Å². The normalized spacial score (nSPS) is 11.6. The van der Waals surface area contributed by atoms with E-state index in [1.165, 1.54) is 0 Å². The Morgan fingerprint density at radius 1 is 1.30 bits per heavy atom. The number of aliphatic hydroxyl groups excluding tert-OH is 1. The minimum Gasteiger partial charge on any atom is -0.396 e. The molecule has 0 fully saturated rings. The number of sulfonamides is 1. The van der Waals surface area contributed by atoms with Gasteiger partial charge in [0.1, 0.15) is 4.21 Å². The molecule has 8 heteroatoms. The van der Waals surface area contributed by atoms with Crippen LogP contribution in [0, 0.1) is 3.57 Å². The zero-order chi connectivity index (χ0) is 14.8. The van der Waals surface area contributed by atoms with E-state index in [9.17, 15) is 8.42 Å². The number of benzene rings is 1. The van der Waals surface area contributed by atoms with E-state index in [1.807, 2.05) is 22.6 Å². The molecule has 0 saturated heterocycles. The summed E-state index contributed by atoms with van der Waals surface area (Å²) in [6, 6.07) is 8.20. The van der Waals surface area contributed by atoms with Crippen LogP contribution in [-0.2, 0) is 16.4 Å². The number of anilines is 1. The van der Waals surface area contributed by atoms with Crippen molar-refractivity contribution in [3.63, 3.8) is 0 Å². The summed E-state index contributed by atoms with van der Waals surface area (Å²) in [7, 11) is -3.61. The molecule has 1 aromatic carbocycles. The predicted octanol–water partition coefficient (Wildman–Crippen LogP) is 3.34. The molecule has 2 rings (SSSR count). The zero-order valence-electron chi connectivity index (χ0n) is 10.1. The minimum atomic E-state index is -3.61. The molecular formula is C12H11ClINO3S2. The predicted molar refractivity (Wildman–Crippen MR) is 90.1 cm³/mol. The fourth-order valence-electron chi connectivity index (χ4n) is 1.51. The molecule has 1 heterocycles. The van der Waals surface area contributed by atoms with E-state index < -0.39 is 10.0 Å². The number of aliphatic hydroxyl groups is 1. The third-order valence-corrected chi connectivity index (χ3v) is 6.57. The van der Waals surface area contributed by atoms with E-state index in [2.05, 4.69) is 4.72 Å². The average molecular weight is 444 g/mol. The van der Waals surface area contributed by atoms with Gasteiger partial charge in [-0.1, -0.05) is 11.6 Å². The van der Waals surface area contributed by atoms with Gasteiger partial charge in [0.15, 0.2) is 0 Å². The maximum absolute atomic E-state index is 12.3. The zero-order valence-corrected chi connectivity index (χ0v) is 14.7. The van der Waals surface area contributed by atoms with Crippen LogP contribution in [0.4, 0.5) is 5.69 Å². The second kappa shape index (κ2) is 6.61. The highest BCUT2D eigenvalue weighted by Gasteiger charge is 2.18. The van der Waals surface area contributed by atoms with Crippen LogP contribution in [0.3, 0.4) is 0 Å². The van der Waals surface area contributed by atoms with Crippen molar-refractivity contribution in [1.82, 2.24) is 0 Å². The fourth-order valence-corrected chi connectivity index (χ4v) is 5.13. The van der Waals surface area contributed by atoms with Crippen molar-refractivity contribution >= 4 is 61.2 Å². The molecule has 0 spiro atoms. The summed E-state index contributed by atoms with van der Waals surface area (Å²) in [6.07, 6.45) is 0.457. The van der Waals surface area contributed by atoms with E-state index in [1.54, 1.807) is 30.3 Å². The molecule has 0 aliphatic carbocycles. The van der Waals surface area contributed by atoms with Crippen LogP contribution < -0.4 is 4.72 Å². The largest absolute Gasteiger partial charge is 0.396 e. The lowest BCUT2D eigenvalue weighted by molar-refractivity contribution is 0.300. The van der Waals surface area contributed by atoms with Gasteiger partial charge in [-0.3, -0.25) is 4.72 Å². The highest BCUT2D eigenvalue weighted by molar-refractivity contribution is 14.1. The van der Waals surface area contributed by atoms with Gasteiger partial charge in [-0.2, -0.15) is 0 Å². The van der Waals surface area contributed by atoms with Gasteiger partial charge in [-0.05, 0) is 52.9 Å². The lowest BCUT2D eigenvalue weighted by Gasteiger charge is -2.08. The van der Waals surface area contributed by atoms with Gasteiger partial charge in [0.2, 0.25) is 0 Å². The molecule has 4 nitrogen and oxygen atoms in total. The molecule has 0 aliphatic heterocycles. The Balaban J connectivity index is 2.26. The second-order valence-electron chi connectivity index (χ2n) is 3.92. The van der Waals surface area contributed by atoms with Gasteiger partial charge in [-0.25, -0.2) is 8.42 Å². The molecule has 0 atom stereocenters. The van der Waals surface area contributed by atoms with E-state index in [-0.39, 0.29) is 10.8 Å². The van der Waals surface area contributed by atoms with Gasteiger partial charge < -0.3 is 5.11 Å². The maximum atomic E-state index is 12.3. The molecule has 0 aliphatic rings. The number of nitrogens with one attached hydrogen (secondary N) is 1. The van der Waals surface area contributed by atoms with Crippen molar-refractivity contribution in [3.05, 3.63) is 43.8 Å². The highest BCUT2D eigenvalue weighted by atomic mass is 127. The Morgan fingerprint density at radius 3 is 2.70 bits per heavy atom. The fraction of sp³-hybridized carbons (Fsp3) is 0.167. The number of rotatable bonds is 5. The third kappa shape index (κ3) is 3.85. The first-order valence-electron chi connectivity index (χ1n) is 5.60. The standard InChI is InChI=1S/C12H11ClINO3S2/c13-8-1-3-11(10(14)7-8)15-20(17,18)12-4-2-9(19-12)5-6-16/h1-4,7,15-16H,5-6H2. The Hall–Kier alpha value is -0.350. The van der Waals surface area contributed by atoms with E-state index >= 15 is 0 Å². The van der Waals surface area contributed by atoms with Crippen LogP contribution in [0.1, 0.15) is 4.88 Å². The average Bonchev–Trinajstić information content (AvgIpc) is 2.83. The number of thiophene rings is 1. The van der Waals surface area contributed by atoms with Crippen molar-refractivity contribution in [1.29, 1.82) is 0 Å². The van der Waals surface area contributed by atoms with Crippen molar-refractivity contribution in [2.75, 3.05) is 11.3 Å². The molecule has 0 radical (unpaired) electrons. The minimum absolute atomic E-state index is 0.00249. The van der Waals surface area contributed by atoms with E-state index in [0.29, 0.717) is 17.1 Å². The summed E-state index contributed by atoms with van der Waals surface area (Å²) in [4.78, 5) is 0.832. The smallest absolute Gasteiger partial charge is 0.271 e. The second-order valence-corrected chi connectivity index (χ2v) is 8.60. The lowest BCUT2D eigenvalue weighted by atomic mass is 10.3. The van der Waals surface area contributed by atoms with Crippen molar-refractivity contribution in [2.45, 2.75) is 10.6 Å². The van der Waals surface area contributed by atoms with Crippen molar-refractivity contribution in [2.24, 2.45) is 0 Å². The van der Waals surface area contributed by atoms with Crippen molar-refractivity contribution in [3.8, 4) is 0 Å². The highest BCUT2D eigenvalue weighted by Crippen LogP contribution is 2.27. The molecule has 2 N–H and O–H groups in total. The van der Waals surface area contributed by atoms with Gasteiger partial charge >= 0.3 is 0 Å². The van der Waals surface area contributed by atoms with Crippen LogP contribution >= 0.6 is 45.5 Å². The Morgan fingerprint density at radius 2 is 2.05 bits per heavy atom. The molecule has 2 aromatic rings. The van der Waals surface area contributed by atoms with E-state index in [4.69, 9.17) is 16.7 Å². The number of hydrogen-bond donors (Lipinski definition) is 2. The SMILES string of the molecule is O=S(=O)(Nc1ccc(Cl)cc1I)c1ccc(CCO)s1. The third-order valence-electron chi connectivity index (χ3n) is 2.44. The molecule has 0 saturated carbocycles. The first kappa shape index (κ1) is 16.0. The summed E-state index contributed by atoms with van der Waals surface area (Å²) in [5.41, 5.74) is 0.493. The Labute approximate surface area is 140 Å². The summed E-state index contributed by atoms with van der Waals surface area (Å²) in [5.74, 6) is 0. The first-order valence-corrected chi connectivity index (χ1v) is 9.35. The molecule has 20 heavy (non-hydrogen) atoms. The van der Waals surface area contributed by atoms with Crippen molar-refractivity contribution < 1.29 is 13.5 Å². The van der Waals surface area contributed by atoms with Gasteiger partial charge in [0.25, 0.3) is 10.0 Å². The monoisotopic (exact) mass is 443 g/mol. The topological polar surface area (TPSA) is 66.4 Å². The molecular weight excluding hydrogens is 433 g/mol. The summed E-state index contributed by atoms with van der Waals surface area (Å²) in [5, 5.41) is 9.41. The van der Waals surface area contributed by atoms with Crippen LogP contribution in [0.15, 0.2) is 34.5 Å². The number of hydrogen-bond acceptors (Lipinski definition) is 4. The number of halogens is 2. The summed E-state index contributed by atoms with van der Waals surface area (Å²) >= 11 is 9.02. The molecule has 0 amide bonds. The molecule has 0 unspecified atom stereocenters. The van der Waals surface area contributed by atoms with Gasteiger partial charge in [0, 0.05) is 26.5 Å². The van der Waals surface area contributed by atoms with Crippen LogP contribution in [0.5, 0.6) is 0 Å². The van der Waals surface area contributed by atoms with Crippen LogP contribution in [0.25, 0.3) is 0 Å². The quantitative estimate of drug-likeness (QED) is 0.697. The van der Waals surface area contributed by atoms with Crippen LogP contribution in [0.2, 0.25) is 5.02 Å². The summed E-state index contributed by atoms with van der Waals surface area (Å²) in [6.45, 7) is 0.00249. The van der Waals surface area contributed by atoms with Gasteiger partial charge in [0.05, 0.1) is 5.69 Å². The lowest BCUT2D eigenvalue weighted by Crippen LogP contribution is -2.12. The maximum Gasteiger partial charge on any atom is 0.271 e. The van der Waals surface area contributed by atoms with Crippen LogP contribution in [-0.4, -0.2) is 20.1 Å². The Kier molecular flexibility index (Phi) is 5.30. The Bertz CT molecular complexity index is 715. The van der Waals surface area contributed by atoms with E-state index in [0.717, 1.165) is 19.8 Å². The summed E-state index contributed by atoms with van der Waals surface area (Å²) < 4.78 is 28.0. The first-order chi connectivity index (χ1) is 9.42. The molecule has 0 bridgehead atoms. The molecule has 108 valence electrons.